The molecule has 0 atom stereocenters. The van der Waals surface area contributed by atoms with E-state index in [0.29, 0.717) is 6.61 Å². The van der Waals surface area contributed by atoms with Crippen molar-refractivity contribution < 1.29 is 9.84 Å². The summed E-state index contributed by atoms with van der Waals surface area (Å²) in [5.74, 6) is -0.133. The first kappa shape index (κ1) is 6.69. The molecule has 0 aliphatic rings. The van der Waals surface area contributed by atoms with Gasteiger partial charge in [-0.2, -0.15) is 0 Å². The standard InChI is InChI=1S/C4H8O2S/c1-2-6-4(5)3-7/h3,5,7H,2H2,1H3/b4-3+. The van der Waals surface area contributed by atoms with Crippen LogP contribution in [0.3, 0.4) is 0 Å². The highest BCUT2D eigenvalue weighted by Crippen LogP contribution is 1.90. The first-order valence-corrected chi connectivity index (χ1v) is 2.49. The Hall–Kier alpha value is -0.310. The zero-order valence-corrected chi connectivity index (χ0v) is 4.98. The molecule has 0 aliphatic heterocycles. The van der Waals surface area contributed by atoms with Crippen LogP contribution in [0.5, 0.6) is 0 Å². The molecule has 0 saturated carbocycles. The van der Waals surface area contributed by atoms with Crippen LogP contribution in [0.15, 0.2) is 11.4 Å². The molecule has 42 valence electrons. The van der Waals surface area contributed by atoms with Gasteiger partial charge in [0.25, 0.3) is 5.95 Å². The molecule has 2 nitrogen and oxygen atoms in total. The molecule has 0 heterocycles. The summed E-state index contributed by atoms with van der Waals surface area (Å²) >= 11 is 3.61. The number of ether oxygens (including phenoxy) is 1. The van der Waals surface area contributed by atoms with Gasteiger partial charge in [0, 0.05) is 5.41 Å². The Morgan fingerprint density at radius 3 is 2.71 bits per heavy atom. The highest BCUT2D eigenvalue weighted by molar-refractivity contribution is 7.83. The minimum absolute atomic E-state index is 0.133. The van der Waals surface area contributed by atoms with Crippen molar-refractivity contribution in [3.05, 3.63) is 11.4 Å². The van der Waals surface area contributed by atoms with Gasteiger partial charge in [-0.15, -0.1) is 12.6 Å². The van der Waals surface area contributed by atoms with Gasteiger partial charge in [0.05, 0.1) is 6.61 Å². The summed E-state index contributed by atoms with van der Waals surface area (Å²) in [4.78, 5) is 0. The predicted molar refractivity (Wildman–Crippen MR) is 31.3 cm³/mol. The van der Waals surface area contributed by atoms with E-state index in [0.717, 1.165) is 0 Å². The second-order valence-corrected chi connectivity index (χ2v) is 1.16. The van der Waals surface area contributed by atoms with Crippen molar-refractivity contribution in [3.63, 3.8) is 0 Å². The lowest BCUT2D eigenvalue weighted by Gasteiger charge is -1.95. The summed E-state index contributed by atoms with van der Waals surface area (Å²) < 4.78 is 4.53. The second kappa shape index (κ2) is 3.87. The molecule has 7 heavy (non-hydrogen) atoms. The first-order valence-electron chi connectivity index (χ1n) is 1.97. The fourth-order valence-corrected chi connectivity index (χ4v) is 0.260. The molecule has 0 amide bonds. The topological polar surface area (TPSA) is 29.5 Å². The van der Waals surface area contributed by atoms with E-state index in [4.69, 9.17) is 5.11 Å². The summed E-state index contributed by atoms with van der Waals surface area (Å²) in [7, 11) is 0. The van der Waals surface area contributed by atoms with Crippen molar-refractivity contribution in [2.75, 3.05) is 6.61 Å². The first-order chi connectivity index (χ1) is 3.31. The van der Waals surface area contributed by atoms with Gasteiger partial charge >= 0.3 is 0 Å². The highest BCUT2D eigenvalue weighted by Gasteiger charge is 1.82. The third kappa shape index (κ3) is 3.52. The Labute approximate surface area is 48.2 Å². The molecule has 0 saturated heterocycles. The minimum atomic E-state index is -0.133. The number of rotatable bonds is 2. The Morgan fingerprint density at radius 2 is 2.57 bits per heavy atom. The Kier molecular flexibility index (Phi) is 3.69. The molecular weight excluding hydrogens is 112 g/mol. The molecule has 0 radical (unpaired) electrons. The monoisotopic (exact) mass is 120 g/mol. The molecule has 0 fully saturated rings. The molecule has 0 aromatic rings. The fraction of sp³-hybridized carbons (Fsp3) is 0.500. The van der Waals surface area contributed by atoms with E-state index in [1.807, 2.05) is 0 Å². The Balaban J connectivity index is 3.17. The van der Waals surface area contributed by atoms with E-state index in [2.05, 4.69) is 17.4 Å². The smallest absolute Gasteiger partial charge is 0.282 e. The third-order valence-electron chi connectivity index (χ3n) is 0.403. The molecule has 0 aromatic carbocycles. The predicted octanol–water partition coefficient (Wildman–Crippen LogP) is 1.31. The summed E-state index contributed by atoms with van der Waals surface area (Å²) in [6.45, 7) is 2.26. The number of hydrogen-bond donors (Lipinski definition) is 2. The van der Waals surface area contributed by atoms with E-state index in [1.165, 1.54) is 5.41 Å². The molecule has 1 N–H and O–H groups in total. The number of aliphatic hydroxyl groups excluding tert-OH is 1. The van der Waals surface area contributed by atoms with Crippen LogP contribution in [0.25, 0.3) is 0 Å². The molecule has 0 unspecified atom stereocenters. The largest absolute Gasteiger partial charge is 0.481 e. The van der Waals surface area contributed by atoms with Crippen LogP contribution in [-0.2, 0) is 4.74 Å². The number of aliphatic hydroxyl groups is 1. The van der Waals surface area contributed by atoms with Crippen molar-refractivity contribution in [2.24, 2.45) is 0 Å². The van der Waals surface area contributed by atoms with Crippen LogP contribution in [0, 0.1) is 0 Å². The van der Waals surface area contributed by atoms with Gasteiger partial charge in [-0.1, -0.05) is 0 Å². The van der Waals surface area contributed by atoms with Crippen molar-refractivity contribution in [1.29, 1.82) is 0 Å². The van der Waals surface area contributed by atoms with Gasteiger partial charge in [-0.3, -0.25) is 0 Å². The lowest BCUT2D eigenvalue weighted by molar-refractivity contribution is 0.104. The van der Waals surface area contributed by atoms with E-state index in [-0.39, 0.29) is 5.95 Å². The minimum Gasteiger partial charge on any atom is -0.481 e. The van der Waals surface area contributed by atoms with E-state index in [1.54, 1.807) is 6.92 Å². The van der Waals surface area contributed by atoms with Gasteiger partial charge in [0.2, 0.25) is 0 Å². The maximum atomic E-state index is 8.42. The van der Waals surface area contributed by atoms with Crippen molar-refractivity contribution in [3.8, 4) is 0 Å². The molecule has 3 heteroatoms. The zero-order chi connectivity index (χ0) is 5.70. The molecule has 0 rings (SSSR count). The molecular formula is C4H8O2S. The Bertz CT molecular complexity index is 70.1. The van der Waals surface area contributed by atoms with Crippen LogP contribution in [-0.4, -0.2) is 11.7 Å². The third-order valence-corrected chi connectivity index (χ3v) is 0.624. The Morgan fingerprint density at radius 1 is 2.00 bits per heavy atom. The normalized spacial score (nSPS) is 11.4. The molecule has 0 aliphatic carbocycles. The van der Waals surface area contributed by atoms with Crippen LogP contribution >= 0.6 is 12.6 Å². The lowest BCUT2D eigenvalue weighted by atomic mass is 10.8. The molecule has 0 aromatic heterocycles. The van der Waals surface area contributed by atoms with Gasteiger partial charge in [0.1, 0.15) is 0 Å². The van der Waals surface area contributed by atoms with Gasteiger partial charge in [0.15, 0.2) is 0 Å². The van der Waals surface area contributed by atoms with E-state index in [9.17, 15) is 0 Å². The summed E-state index contributed by atoms with van der Waals surface area (Å²) in [5, 5.41) is 9.62. The lowest BCUT2D eigenvalue weighted by Crippen LogP contribution is -1.86. The van der Waals surface area contributed by atoms with Crippen LogP contribution in [0.1, 0.15) is 6.92 Å². The second-order valence-electron chi connectivity index (χ2n) is 0.900. The van der Waals surface area contributed by atoms with Gasteiger partial charge in [-0.05, 0) is 6.92 Å². The molecule has 0 spiro atoms. The average Bonchev–Trinajstić information content (AvgIpc) is 1.68. The van der Waals surface area contributed by atoms with Crippen molar-refractivity contribution in [1.82, 2.24) is 0 Å². The van der Waals surface area contributed by atoms with Crippen LogP contribution in [0.2, 0.25) is 0 Å². The zero-order valence-electron chi connectivity index (χ0n) is 4.09. The SMILES string of the molecule is CCO/C(O)=C/S. The van der Waals surface area contributed by atoms with Crippen molar-refractivity contribution >= 4 is 12.6 Å². The summed E-state index contributed by atoms with van der Waals surface area (Å²) in [6, 6.07) is 0. The van der Waals surface area contributed by atoms with E-state index >= 15 is 0 Å². The quantitative estimate of drug-likeness (QED) is 0.425. The number of hydrogen-bond acceptors (Lipinski definition) is 3. The fourth-order valence-electron chi connectivity index (χ4n) is 0.185. The maximum absolute atomic E-state index is 8.42. The van der Waals surface area contributed by atoms with Crippen LogP contribution in [0.4, 0.5) is 0 Å². The maximum Gasteiger partial charge on any atom is 0.282 e. The van der Waals surface area contributed by atoms with Gasteiger partial charge in [-0.25, -0.2) is 0 Å². The summed E-state index contributed by atoms with van der Waals surface area (Å²) in [6.07, 6.45) is 0. The van der Waals surface area contributed by atoms with Crippen molar-refractivity contribution in [2.45, 2.75) is 6.92 Å². The number of thiol groups is 1. The van der Waals surface area contributed by atoms with Gasteiger partial charge < -0.3 is 9.84 Å². The van der Waals surface area contributed by atoms with Crippen LogP contribution < -0.4 is 0 Å². The average molecular weight is 120 g/mol. The molecule has 0 bridgehead atoms. The summed E-state index contributed by atoms with van der Waals surface area (Å²) in [5.41, 5.74) is 0. The van der Waals surface area contributed by atoms with E-state index < -0.39 is 0 Å². The highest BCUT2D eigenvalue weighted by atomic mass is 32.1.